The number of rotatable bonds is 2. The van der Waals surface area contributed by atoms with E-state index in [-0.39, 0.29) is 5.91 Å². The Morgan fingerprint density at radius 2 is 2.05 bits per heavy atom. The highest BCUT2D eigenvalue weighted by atomic mass is 79.9. The molecule has 3 nitrogen and oxygen atoms in total. The van der Waals surface area contributed by atoms with Crippen molar-refractivity contribution in [1.29, 1.82) is 0 Å². The van der Waals surface area contributed by atoms with Gasteiger partial charge >= 0.3 is 0 Å². The lowest BCUT2D eigenvalue weighted by atomic mass is 10.1. The maximum absolute atomic E-state index is 12.6. The highest BCUT2D eigenvalue weighted by Crippen LogP contribution is 2.27. The van der Waals surface area contributed by atoms with Crippen molar-refractivity contribution in [2.45, 2.75) is 12.8 Å². The highest BCUT2D eigenvalue weighted by Gasteiger charge is 2.21. The van der Waals surface area contributed by atoms with Crippen LogP contribution < -0.4 is 0 Å². The average Bonchev–Trinajstić information content (AvgIpc) is 2.96. The number of hydrazone groups is 1. The second-order valence-corrected chi connectivity index (χ2v) is 8.09. The first-order valence-electron chi connectivity index (χ1n) is 6.65. The van der Waals surface area contributed by atoms with Gasteiger partial charge in [-0.3, -0.25) is 4.79 Å². The van der Waals surface area contributed by atoms with Gasteiger partial charge in [0.15, 0.2) is 0 Å². The Kier molecular flexibility index (Phi) is 4.88. The summed E-state index contributed by atoms with van der Waals surface area (Å²) in [5.41, 5.74) is 1.43. The Balaban J connectivity index is 1.87. The lowest BCUT2D eigenvalue weighted by Crippen LogP contribution is -2.32. The van der Waals surface area contributed by atoms with E-state index in [1.165, 1.54) is 5.01 Å². The van der Waals surface area contributed by atoms with Crippen LogP contribution in [0.5, 0.6) is 0 Å². The molecule has 0 saturated carbocycles. The molecule has 2 heterocycles. The molecule has 0 spiro atoms. The van der Waals surface area contributed by atoms with Crippen LogP contribution in [-0.2, 0) is 0 Å². The second-order valence-electron chi connectivity index (χ2n) is 4.81. The molecule has 7 heteroatoms. The van der Waals surface area contributed by atoms with Crippen LogP contribution in [0, 0.1) is 0 Å². The molecule has 1 aliphatic heterocycles. The summed E-state index contributed by atoms with van der Waals surface area (Å²) in [5.74, 6) is -0.161. The van der Waals surface area contributed by atoms with E-state index in [1.54, 1.807) is 29.5 Å². The van der Waals surface area contributed by atoms with E-state index in [0.29, 0.717) is 22.2 Å². The number of benzene rings is 1. The molecule has 2 aromatic rings. The minimum Gasteiger partial charge on any atom is -0.267 e. The number of hydrogen-bond donors (Lipinski definition) is 0. The SMILES string of the molecule is O=C(c1ccc(Cl)c(Cl)c1)N1CCCC(c2ccc(Br)s2)=N1. The summed E-state index contributed by atoms with van der Waals surface area (Å²) in [4.78, 5) is 13.6. The Labute approximate surface area is 150 Å². The van der Waals surface area contributed by atoms with Crippen LogP contribution in [-0.4, -0.2) is 23.2 Å². The van der Waals surface area contributed by atoms with Crippen LogP contribution in [0.1, 0.15) is 28.1 Å². The van der Waals surface area contributed by atoms with E-state index in [2.05, 4.69) is 21.0 Å². The Bertz CT molecular complexity index is 760. The molecule has 0 aliphatic carbocycles. The normalized spacial score (nSPS) is 14.9. The minimum atomic E-state index is -0.161. The standard InChI is InChI=1S/C15H11BrCl2N2OS/c16-14-6-5-13(22-14)12-2-1-7-20(19-12)15(21)9-3-4-10(17)11(18)8-9/h3-6,8H,1-2,7H2. The van der Waals surface area contributed by atoms with Crippen LogP contribution in [0.3, 0.4) is 0 Å². The fourth-order valence-corrected chi connectivity index (χ4v) is 3.91. The molecule has 1 aromatic carbocycles. The van der Waals surface area contributed by atoms with Gasteiger partial charge in [-0.25, -0.2) is 5.01 Å². The van der Waals surface area contributed by atoms with Crippen LogP contribution in [0.15, 0.2) is 39.2 Å². The third-order valence-electron chi connectivity index (χ3n) is 3.28. The Hall–Kier alpha value is -0.880. The van der Waals surface area contributed by atoms with Crippen LogP contribution in [0.4, 0.5) is 0 Å². The predicted molar refractivity (Wildman–Crippen MR) is 95.3 cm³/mol. The number of hydrogen-bond acceptors (Lipinski definition) is 3. The van der Waals surface area contributed by atoms with Crippen molar-refractivity contribution < 1.29 is 4.79 Å². The van der Waals surface area contributed by atoms with E-state index in [1.807, 2.05) is 12.1 Å². The molecule has 0 saturated heterocycles. The van der Waals surface area contributed by atoms with Gasteiger partial charge in [-0.2, -0.15) is 5.10 Å². The molecule has 0 radical (unpaired) electrons. The monoisotopic (exact) mass is 416 g/mol. The molecule has 0 bridgehead atoms. The van der Waals surface area contributed by atoms with Crippen molar-refractivity contribution in [2.24, 2.45) is 5.10 Å². The Morgan fingerprint density at radius 3 is 2.73 bits per heavy atom. The van der Waals surface area contributed by atoms with Gasteiger partial charge in [0.05, 0.1) is 24.4 Å². The first kappa shape index (κ1) is 16.0. The summed E-state index contributed by atoms with van der Waals surface area (Å²) in [7, 11) is 0. The smallest absolute Gasteiger partial charge is 0.267 e. The molecular formula is C15H11BrCl2N2OS. The number of thiophene rings is 1. The van der Waals surface area contributed by atoms with Gasteiger partial charge < -0.3 is 0 Å². The van der Waals surface area contributed by atoms with Crippen molar-refractivity contribution in [3.8, 4) is 0 Å². The summed E-state index contributed by atoms with van der Waals surface area (Å²) in [5, 5.41) is 6.82. The van der Waals surface area contributed by atoms with E-state index < -0.39 is 0 Å². The van der Waals surface area contributed by atoms with Crippen molar-refractivity contribution in [2.75, 3.05) is 6.54 Å². The molecule has 22 heavy (non-hydrogen) atoms. The van der Waals surface area contributed by atoms with Crippen LogP contribution in [0.25, 0.3) is 0 Å². The zero-order chi connectivity index (χ0) is 15.7. The fourth-order valence-electron chi connectivity index (χ4n) is 2.21. The third kappa shape index (κ3) is 3.38. The molecule has 0 atom stereocenters. The second kappa shape index (κ2) is 6.71. The fraction of sp³-hybridized carbons (Fsp3) is 0.200. The molecule has 0 fully saturated rings. The van der Waals surface area contributed by atoms with Crippen molar-refractivity contribution in [1.82, 2.24) is 5.01 Å². The molecule has 3 rings (SSSR count). The largest absolute Gasteiger partial charge is 0.274 e. The molecule has 0 N–H and O–H groups in total. The first-order valence-corrected chi connectivity index (χ1v) is 9.01. The van der Waals surface area contributed by atoms with Gasteiger partial charge in [0.2, 0.25) is 0 Å². The summed E-state index contributed by atoms with van der Waals surface area (Å²) >= 11 is 16.9. The van der Waals surface area contributed by atoms with Gasteiger partial charge in [-0.1, -0.05) is 23.2 Å². The maximum atomic E-state index is 12.6. The summed E-state index contributed by atoms with van der Waals surface area (Å²) in [6.07, 6.45) is 1.76. The zero-order valence-electron chi connectivity index (χ0n) is 11.4. The molecular weight excluding hydrogens is 407 g/mol. The quantitative estimate of drug-likeness (QED) is 0.638. The maximum Gasteiger partial charge on any atom is 0.274 e. The highest BCUT2D eigenvalue weighted by molar-refractivity contribution is 9.11. The van der Waals surface area contributed by atoms with Gasteiger partial charge in [0.1, 0.15) is 0 Å². The van der Waals surface area contributed by atoms with Crippen LogP contribution >= 0.6 is 50.5 Å². The van der Waals surface area contributed by atoms with Gasteiger partial charge in [0, 0.05) is 12.1 Å². The van der Waals surface area contributed by atoms with Gasteiger partial charge in [0.25, 0.3) is 5.91 Å². The topological polar surface area (TPSA) is 32.7 Å². The third-order valence-corrected chi connectivity index (χ3v) is 5.70. The summed E-state index contributed by atoms with van der Waals surface area (Å²) < 4.78 is 1.05. The first-order chi connectivity index (χ1) is 10.5. The lowest BCUT2D eigenvalue weighted by Gasteiger charge is -2.23. The van der Waals surface area contributed by atoms with E-state index in [0.717, 1.165) is 27.2 Å². The summed E-state index contributed by atoms with van der Waals surface area (Å²) in [6.45, 7) is 0.606. The van der Waals surface area contributed by atoms with Crippen molar-refractivity contribution >= 4 is 62.1 Å². The molecule has 1 aliphatic rings. The van der Waals surface area contributed by atoms with E-state index >= 15 is 0 Å². The molecule has 1 aromatic heterocycles. The van der Waals surface area contributed by atoms with Crippen molar-refractivity contribution in [3.63, 3.8) is 0 Å². The zero-order valence-corrected chi connectivity index (χ0v) is 15.3. The predicted octanol–water partition coefficient (Wildman–Crippen LogP) is 5.46. The molecule has 114 valence electrons. The summed E-state index contributed by atoms with van der Waals surface area (Å²) in [6, 6.07) is 8.88. The van der Waals surface area contributed by atoms with Gasteiger partial charge in [-0.15, -0.1) is 11.3 Å². The van der Waals surface area contributed by atoms with E-state index in [9.17, 15) is 4.79 Å². The van der Waals surface area contributed by atoms with Crippen LogP contribution in [0.2, 0.25) is 10.0 Å². The minimum absolute atomic E-state index is 0.161. The van der Waals surface area contributed by atoms with Gasteiger partial charge in [-0.05, 0) is 59.1 Å². The number of nitrogens with zero attached hydrogens (tertiary/aromatic N) is 2. The number of carbonyl (C=O) groups excluding carboxylic acids is 1. The van der Waals surface area contributed by atoms with E-state index in [4.69, 9.17) is 23.2 Å². The number of carbonyl (C=O) groups is 1. The molecule has 0 unspecified atom stereocenters. The number of halogens is 3. The van der Waals surface area contributed by atoms with Crippen molar-refractivity contribution in [3.05, 3.63) is 54.6 Å². The lowest BCUT2D eigenvalue weighted by molar-refractivity contribution is 0.0751. The Morgan fingerprint density at radius 1 is 1.23 bits per heavy atom. The average molecular weight is 418 g/mol. The number of amides is 1. The molecule has 1 amide bonds.